The van der Waals surface area contributed by atoms with Crippen LogP contribution in [0.15, 0.2) is 155 Å². The fourth-order valence-corrected chi connectivity index (χ4v) is 5.40. The Bertz CT molecular complexity index is 1880. The first-order chi connectivity index (χ1) is 19.3. The minimum atomic E-state index is -0.0238. The van der Waals surface area contributed by atoms with Gasteiger partial charge in [-0.1, -0.05) is 121 Å². The number of fused-ring (bicyclic) bond motifs is 2. The molecular formula is C37H24O2. The lowest BCUT2D eigenvalue weighted by Gasteiger charge is -2.12. The van der Waals surface area contributed by atoms with Crippen molar-refractivity contribution in [3.8, 4) is 44.5 Å². The van der Waals surface area contributed by atoms with Gasteiger partial charge in [0.25, 0.3) is 0 Å². The van der Waals surface area contributed by atoms with E-state index in [1.807, 2.05) is 97.1 Å². The minimum Gasteiger partial charge on any atom is -0.456 e. The molecule has 2 heteroatoms. The summed E-state index contributed by atoms with van der Waals surface area (Å²) < 4.78 is 6.24. The summed E-state index contributed by atoms with van der Waals surface area (Å²) in [4.78, 5) is 13.9. The maximum atomic E-state index is 13.9. The zero-order chi connectivity index (χ0) is 26.2. The lowest BCUT2D eigenvalue weighted by atomic mass is 9.93. The monoisotopic (exact) mass is 500 g/mol. The Hall–Kier alpha value is -5.21. The van der Waals surface area contributed by atoms with Crippen molar-refractivity contribution in [3.63, 3.8) is 0 Å². The Morgan fingerprint density at radius 3 is 1.13 bits per heavy atom. The van der Waals surface area contributed by atoms with E-state index >= 15 is 0 Å². The van der Waals surface area contributed by atoms with Crippen LogP contribution in [0.5, 0.6) is 0 Å². The van der Waals surface area contributed by atoms with E-state index in [2.05, 4.69) is 48.5 Å². The van der Waals surface area contributed by atoms with Crippen molar-refractivity contribution >= 4 is 21.9 Å². The van der Waals surface area contributed by atoms with Crippen LogP contribution in [0.4, 0.5) is 0 Å². The van der Waals surface area contributed by atoms with Gasteiger partial charge in [0.1, 0.15) is 11.2 Å². The Labute approximate surface area is 226 Å². The minimum absolute atomic E-state index is 0.0238. The van der Waals surface area contributed by atoms with Crippen molar-refractivity contribution in [3.05, 3.63) is 156 Å². The second kappa shape index (κ2) is 9.59. The Balaban J connectivity index is 1.39. The van der Waals surface area contributed by atoms with E-state index in [0.29, 0.717) is 21.9 Å². The summed E-state index contributed by atoms with van der Waals surface area (Å²) in [5.74, 6) is 0. The molecule has 2 nitrogen and oxygen atoms in total. The highest BCUT2D eigenvalue weighted by molar-refractivity contribution is 5.96. The van der Waals surface area contributed by atoms with Crippen LogP contribution in [-0.4, -0.2) is 0 Å². The number of hydrogen-bond donors (Lipinski definition) is 0. The SMILES string of the molecule is O=c1c2cc(-c3ccccc3-c3ccccc3)ccc2oc2ccc(-c3ccccc3-c3ccccc3)cc12. The molecular weight excluding hydrogens is 476 g/mol. The highest BCUT2D eigenvalue weighted by atomic mass is 16.3. The first-order valence-corrected chi connectivity index (χ1v) is 13.1. The van der Waals surface area contributed by atoms with Crippen LogP contribution in [0.1, 0.15) is 0 Å². The standard InChI is InChI=1S/C37H24O2/c38-37-33-23-27(31-17-9-7-15-29(31)25-11-3-1-4-12-25)19-21-35(33)39-36-22-20-28(24-34(36)37)32-18-10-8-16-30(32)26-13-5-2-6-14-26/h1-24H. The van der Waals surface area contributed by atoms with Crippen LogP contribution in [-0.2, 0) is 0 Å². The molecule has 0 radical (unpaired) electrons. The van der Waals surface area contributed by atoms with E-state index in [-0.39, 0.29) is 5.43 Å². The molecule has 0 N–H and O–H groups in total. The van der Waals surface area contributed by atoms with Crippen LogP contribution in [0.2, 0.25) is 0 Å². The quantitative estimate of drug-likeness (QED) is 0.225. The van der Waals surface area contributed by atoms with Crippen molar-refractivity contribution in [2.24, 2.45) is 0 Å². The predicted octanol–water partition coefficient (Wildman–Crippen LogP) is 9.61. The molecule has 0 aliphatic heterocycles. The van der Waals surface area contributed by atoms with Gasteiger partial charge in [0, 0.05) is 0 Å². The van der Waals surface area contributed by atoms with Gasteiger partial charge in [-0.05, 0) is 68.8 Å². The van der Waals surface area contributed by atoms with Crippen molar-refractivity contribution < 1.29 is 4.42 Å². The average Bonchev–Trinajstić information content (AvgIpc) is 3.02. The van der Waals surface area contributed by atoms with Gasteiger partial charge in [0.2, 0.25) is 5.43 Å². The molecule has 0 amide bonds. The second-order valence-electron chi connectivity index (χ2n) is 9.68. The molecule has 1 aromatic heterocycles. The molecule has 0 aliphatic carbocycles. The number of rotatable bonds is 4. The Kier molecular flexibility index (Phi) is 5.64. The Morgan fingerprint density at radius 1 is 0.359 bits per heavy atom. The molecule has 6 aromatic carbocycles. The largest absolute Gasteiger partial charge is 0.456 e. The molecule has 0 atom stereocenters. The molecule has 7 rings (SSSR count). The molecule has 0 aliphatic rings. The summed E-state index contributed by atoms with van der Waals surface area (Å²) in [6.07, 6.45) is 0. The summed E-state index contributed by atoms with van der Waals surface area (Å²) in [6.45, 7) is 0. The van der Waals surface area contributed by atoms with Crippen LogP contribution in [0.3, 0.4) is 0 Å². The lowest BCUT2D eigenvalue weighted by molar-refractivity contribution is 0.660. The molecule has 0 fully saturated rings. The van der Waals surface area contributed by atoms with Crippen LogP contribution >= 0.6 is 0 Å². The summed E-state index contributed by atoms with van der Waals surface area (Å²) in [6, 6.07) is 49.0. The summed E-state index contributed by atoms with van der Waals surface area (Å²) in [5.41, 5.74) is 9.82. The normalized spacial score (nSPS) is 11.2. The van der Waals surface area contributed by atoms with Crippen molar-refractivity contribution in [2.75, 3.05) is 0 Å². The lowest BCUT2D eigenvalue weighted by Crippen LogP contribution is -2.02. The van der Waals surface area contributed by atoms with Crippen LogP contribution in [0.25, 0.3) is 66.4 Å². The molecule has 0 spiro atoms. The molecule has 0 saturated heterocycles. The predicted molar refractivity (Wildman–Crippen MR) is 162 cm³/mol. The Morgan fingerprint density at radius 2 is 0.718 bits per heavy atom. The highest BCUT2D eigenvalue weighted by Gasteiger charge is 2.14. The summed E-state index contributed by atoms with van der Waals surface area (Å²) in [5, 5.41) is 1.16. The molecule has 0 unspecified atom stereocenters. The van der Waals surface area contributed by atoms with E-state index in [4.69, 9.17) is 4.42 Å². The first-order valence-electron chi connectivity index (χ1n) is 13.1. The smallest absolute Gasteiger partial charge is 0.200 e. The molecule has 184 valence electrons. The van der Waals surface area contributed by atoms with E-state index in [9.17, 15) is 4.79 Å². The zero-order valence-corrected chi connectivity index (χ0v) is 21.2. The molecule has 0 saturated carbocycles. The highest BCUT2D eigenvalue weighted by Crippen LogP contribution is 2.35. The third kappa shape index (κ3) is 4.13. The second-order valence-corrected chi connectivity index (χ2v) is 9.68. The van der Waals surface area contributed by atoms with Crippen molar-refractivity contribution in [1.82, 2.24) is 0 Å². The molecule has 0 bridgehead atoms. The molecule has 7 aromatic rings. The van der Waals surface area contributed by atoms with Crippen molar-refractivity contribution in [2.45, 2.75) is 0 Å². The number of benzene rings is 6. The topological polar surface area (TPSA) is 30.2 Å². The van der Waals surface area contributed by atoms with Gasteiger partial charge < -0.3 is 4.42 Å². The van der Waals surface area contributed by atoms with E-state index in [1.54, 1.807) is 0 Å². The first kappa shape index (κ1) is 22.9. The van der Waals surface area contributed by atoms with Crippen LogP contribution < -0.4 is 5.43 Å². The number of hydrogen-bond acceptors (Lipinski definition) is 2. The van der Waals surface area contributed by atoms with E-state index < -0.39 is 0 Å². The maximum absolute atomic E-state index is 13.9. The third-order valence-electron chi connectivity index (χ3n) is 7.31. The molecule has 1 heterocycles. The fourth-order valence-electron chi connectivity index (χ4n) is 5.40. The summed E-state index contributed by atoms with van der Waals surface area (Å²) >= 11 is 0. The average molecular weight is 501 g/mol. The fraction of sp³-hybridized carbons (Fsp3) is 0. The van der Waals surface area contributed by atoms with Crippen molar-refractivity contribution in [1.29, 1.82) is 0 Å². The maximum Gasteiger partial charge on any atom is 0.200 e. The van der Waals surface area contributed by atoms with Gasteiger partial charge in [-0.3, -0.25) is 4.79 Å². The third-order valence-corrected chi connectivity index (χ3v) is 7.31. The van der Waals surface area contributed by atoms with Gasteiger partial charge in [0.05, 0.1) is 10.8 Å². The molecule has 39 heavy (non-hydrogen) atoms. The van der Waals surface area contributed by atoms with E-state index in [0.717, 1.165) is 44.5 Å². The van der Waals surface area contributed by atoms with Gasteiger partial charge in [-0.2, -0.15) is 0 Å². The van der Waals surface area contributed by atoms with Crippen LogP contribution in [0, 0.1) is 0 Å². The zero-order valence-electron chi connectivity index (χ0n) is 21.2. The van der Waals surface area contributed by atoms with Gasteiger partial charge in [-0.15, -0.1) is 0 Å². The summed E-state index contributed by atoms with van der Waals surface area (Å²) in [7, 11) is 0. The van der Waals surface area contributed by atoms with E-state index in [1.165, 1.54) is 0 Å². The van der Waals surface area contributed by atoms with Gasteiger partial charge >= 0.3 is 0 Å². The van der Waals surface area contributed by atoms with Gasteiger partial charge in [-0.25, -0.2) is 0 Å². The van der Waals surface area contributed by atoms with Gasteiger partial charge in [0.15, 0.2) is 0 Å².